The number of hydrogen-bond donors (Lipinski definition) is 0. The van der Waals surface area contributed by atoms with E-state index in [9.17, 15) is 9.59 Å². The van der Waals surface area contributed by atoms with E-state index in [-0.39, 0.29) is 18.1 Å². The Hall–Kier alpha value is -3.09. The number of benzene rings is 1. The Morgan fingerprint density at radius 3 is 2.62 bits per heavy atom. The highest BCUT2D eigenvalue weighted by atomic mass is 16.5. The van der Waals surface area contributed by atoms with Crippen LogP contribution in [0.4, 0.5) is 0 Å². The molecule has 2 heterocycles. The van der Waals surface area contributed by atoms with Gasteiger partial charge in [0.2, 0.25) is 0 Å². The van der Waals surface area contributed by atoms with Crippen LogP contribution >= 0.6 is 0 Å². The Balaban J connectivity index is 1.81. The summed E-state index contributed by atoms with van der Waals surface area (Å²) in [7, 11) is 0. The lowest BCUT2D eigenvalue weighted by Gasteiger charge is -2.21. The predicted octanol–water partition coefficient (Wildman–Crippen LogP) is 3.36. The van der Waals surface area contributed by atoms with Crippen molar-refractivity contribution in [2.45, 2.75) is 47.7 Å². The van der Waals surface area contributed by atoms with E-state index >= 15 is 0 Å². The van der Waals surface area contributed by atoms with Gasteiger partial charge in [-0.2, -0.15) is 5.10 Å². The molecule has 0 aliphatic carbocycles. The van der Waals surface area contributed by atoms with Gasteiger partial charge in [-0.1, -0.05) is 0 Å². The Bertz CT molecular complexity index is 1100. The number of aromatic nitrogens is 2. The molecule has 3 aromatic rings. The van der Waals surface area contributed by atoms with Crippen molar-refractivity contribution in [2.75, 3.05) is 13.2 Å². The van der Waals surface area contributed by atoms with Gasteiger partial charge in [-0.15, -0.1) is 0 Å². The standard InChI is InChI=1S/C22H27N3O4/c1-6-24(11-17-10-23-25(7-2)12-17)20(26)13-28-18-8-14(3)9-19-21(18)15(4)16(5)22(27)29-19/h8-10,12H,6-7,11,13H2,1-5H3. The molecule has 2 aromatic heterocycles. The first-order chi connectivity index (χ1) is 13.8. The molecule has 0 aliphatic heterocycles. The van der Waals surface area contributed by atoms with Crippen molar-refractivity contribution in [3.63, 3.8) is 0 Å². The zero-order valence-electron chi connectivity index (χ0n) is 17.6. The van der Waals surface area contributed by atoms with E-state index in [1.807, 2.05) is 50.7 Å². The molecule has 0 saturated heterocycles. The first-order valence-electron chi connectivity index (χ1n) is 9.80. The highest BCUT2D eigenvalue weighted by molar-refractivity contribution is 5.88. The number of nitrogens with zero attached hydrogens (tertiary/aromatic N) is 3. The summed E-state index contributed by atoms with van der Waals surface area (Å²) in [5.41, 5.74) is 3.34. The van der Waals surface area contributed by atoms with Gasteiger partial charge in [0, 0.05) is 37.0 Å². The van der Waals surface area contributed by atoms with Crippen LogP contribution < -0.4 is 10.4 Å². The van der Waals surface area contributed by atoms with Gasteiger partial charge in [0.15, 0.2) is 6.61 Å². The molecular weight excluding hydrogens is 370 g/mol. The van der Waals surface area contributed by atoms with Gasteiger partial charge < -0.3 is 14.1 Å². The molecule has 0 N–H and O–H groups in total. The van der Waals surface area contributed by atoms with Gasteiger partial charge in [0.1, 0.15) is 11.3 Å². The lowest BCUT2D eigenvalue weighted by atomic mass is 10.0. The number of ether oxygens (including phenoxy) is 1. The molecule has 0 saturated carbocycles. The van der Waals surface area contributed by atoms with Crippen molar-refractivity contribution in [3.05, 3.63) is 57.2 Å². The number of carbonyl (C=O) groups is 1. The van der Waals surface area contributed by atoms with Crippen molar-refractivity contribution in [2.24, 2.45) is 0 Å². The van der Waals surface area contributed by atoms with Gasteiger partial charge >= 0.3 is 5.63 Å². The summed E-state index contributed by atoms with van der Waals surface area (Å²) in [6, 6.07) is 3.67. The minimum absolute atomic E-state index is 0.0913. The van der Waals surface area contributed by atoms with Crippen molar-refractivity contribution < 1.29 is 13.9 Å². The third kappa shape index (κ3) is 4.34. The average molecular weight is 397 g/mol. The van der Waals surface area contributed by atoms with Crippen LogP contribution in [0.1, 0.15) is 36.1 Å². The van der Waals surface area contributed by atoms with E-state index in [0.29, 0.717) is 30.0 Å². The molecule has 0 aliphatic rings. The molecule has 0 radical (unpaired) electrons. The minimum Gasteiger partial charge on any atom is -0.483 e. The summed E-state index contributed by atoms with van der Waals surface area (Å²) in [5.74, 6) is 0.436. The second-order valence-corrected chi connectivity index (χ2v) is 7.18. The molecule has 1 amide bonds. The molecule has 0 atom stereocenters. The summed E-state index contributed by atoms with van der Waals surface area (Å²) in [4.78, 5) is 26.5. The molecule has 7 nitrogen and oxygen atoms in total. The molecule has 0 bridgehead atoms. The smallest absolute Gasteiger partial charge is 0.339 e. The normalized spacial score (nSPS) is 11.1. The third-order valence-electron chi connectivity index (χ3n) is 5.13. The minimum atomic E-state index is -0.354. The largest absolute Gasteiger partial charge is 0.483 e. The third-order valence-corrected chi connectivity index (χ3v) is 5.13. The number of aryl methyl sites for hydroxylation is 3. The van der Waals surface area contributed by atoms with Crippen molar-refractivity contribution in [1.29, 1.82) is 0 Å². The van der Waals surface area contributed by atoms with E-state index in [1.54, 1.807) is 18.0 Å². The fraction of sp³-hybridized carbons (Fsp3) is 0.409. The number of fused-ring (bicyclic) bond motifs is 1. The maximum atomic E-state index is 12.8. The van der Waals surface area contributed by atoms with Crippen molar-refractivity contribution >= 4 is 16.9 Å². The number of rotatable bonds is 7. The zero-order chi connectivity index (χ0) is 21.1. The average Bonchev–Trinajstić information content (AvgIpc) is 3.15. The first kappa shape index (κ1) is 20.6. The van der Waals surface area contributed by atoms with E-state index in [4.69, 9.17) is 9.15 Å². The van der Waals surface area contributed by atoms with E-state index < -0.39 is 0 Å². The second-order valence-electron chi connectivity index (χ2n) is 7.18. The molecule has 0 unspecified atom stereocenters. The predicted molar refractivity (Wildman–Crippen MR) is 111 cm³/mol. The highest BCUT2D eigenvalue weighted by Gasteiger charge is 2.17. The summed E-state index contributed by atoms with van der Waals surface area (Å²) in [6.45, 7) is 11.2. The number of amides is 1. The van der Waals surface area contributed by atoms with Crippen molar-refractivity contribution in [3.8, 4) is 5.75 Å². The van der Waals surface area contributed by atoms with Crippen LogP contribution in [-0.2, 0) is 17.9 Å². The van der Waals surface area contributed by atoms with Gasteiger partial charge in [0.25, 0.3) is 5.91 Å². The monoisotopic (exact) mass is 397 g/mol. The maximum absolute atomic E-state index is 12.8. The molecular formula is C22H27N3O4. The van der Waals surface area contributed by atoms with Crippen LogP contribution in [0.25, 0.3) is 11.0 Å². The number of likely N-dealkylation sites (N-methyl/N-ethyl adjacent to an activating group) is 1. The fourth-order valence-electron chi connectivity index (χ4n) is 3.29. The Morgan fingerprint density at radius 1 is 1.21 bits per heavy atom. The van der Waals surface area contributed by atoms with Crippen LogP contribution in [0.15, 0.2) is 33.7 Å². The Kier molecular flexibility index (Phi) is 6.06. The van der Waals surface area contributed by atoms with Crippen molar-refractivity contribution in [1.82, 2.24) is 14.7 Å². The quantitative estimate of drug-likeness (QED) is 0.571. The van der Waals surface area contributed by atoms with Gasteiger partial charge in [0.05, 0.1) is 11.6 Å². The topological polar surface area (TPSA) is 77.6 Å². The first-order valence-corrected chi connectivity index (χ1v) is 9.80. The van der Waals surface area contributed by atoms with E-state index in [0.717, 1.165) is 28.6 Å². The van der Waals surface area contributed by atoms with E-state index in [2.05, 4.69) is 5.10 Å². The van der Waals surface area contributed by atoms with Gasteiger partial charge in [-0.05, 0) is 57.9 Å². The van der Waals surface area contributed by atoms with E-state index in [1.165, 1.54) is 0 Å². The molecule has 0 spiro atoms. The number of hydrogen-bond acceptors (Lipinski definition) is 5. The second kappa shape index (κ2) is 8.51. The molecule has 0 fully saturated rings. The molecule has 7 heteroatoms. The van der Waals surface area contributed by atoms with Crippen LogP contribution in [0.5, 0.6) is 5.75 Å². The summed E-state index contributed by atoms with van der Waals surface area (Å²) < 4.78 is 13.2. The fourth-order valence-corrected chi connectivity index (χ4v) is 3.29. The summed E-state index contributed by atoms with van der Waals surface area (Å²) in [5, 5.41) is 4.98. The summed E-state index contributed by atoms with van der Waals surface area (Å²) >= 11 is 0. The van der Waals surface area contributed by atoms with Crippen LogP contribution in [0.3, 0.4) is 0 Å². The SMILES string of the molecule is CCN(Cc1cnn(CC)c1)C(=O)COc1cc(C)cc2oc(=O)c(C)c(C)c12. The van der Waals surface area contributed by atoms with Crippen LogP contribution in [0.2, 0.25) is 0 Å². The zero-order valence-corrected chi connectivity index (χ0v) is 17.6. The Morgan fingerprint density at radius 2 is 1.97 bits per heavy atom. The lowest BCUT2D eigenvalue weighted by molar-refractivity contribution is -0.133. The Labute approximate surface area is 169 Å². The van der Waals surface area contributed by atoms with Crippen LogP contribution in [0, 0.1) is 20.8 Å². The van der Waals surface area contributed by atoms with Gasteiger partial charge in [-0.3, -0.25) is 9.48 Å². The number of carbonyl (C=O) groups excluding carboxylic acids is 1. The maximum Gasteiger partial charge on any atom is 0.339 e. The lowest BCUT2D eigenvalue weighted by Crippen LogP contribution is -2.34. The molecule has 1 aromatic carbocycles. The van der Waals surface area contributed by atoms with Crippen LogP contribution in [-0.4, -0.2) is 33.7 Å². The molecule has 3 rings (SSSR count). The van der Waals surface area contributed by atoms with Gasteiger partial charge in [-0.25, -0.2) is 4.79 Å². The summed E-state index contributed by atoms with van der Waals surface area (Å²) in [6.07, 6.45) is 3.72. The highest BCUT2D eigenvalue weighted by Crippen LogP contribution is 2.30. The molecule has 154 valence electrons. The molecule has 29 heavy (non-hydrogen) atoms.